The largest absolute Gasteiger partial charge is 0.454 e. The van der Waals surface area contributed by atoms with E-state index in [-0.39, 0.29) is 13.0 Å². The smallest absolute Gasteiger partial charge is 0.303 e. The molecule has 0 aliphatic carbocycles. The van der Waals surface area contributed by atoms with Crippen molar-refractivity contribution in [2.45, 2.75) is 63.5 Å². The zero-order valence-corrected chi connectivity index (χ0v) is 15.5. The van der Waals surface area contributed by atoms with Gasteiger partial charge in [0.15, 0.2) is 12.4 Å². The number of rotatable bonds is 10. The summed E-state index contributed by atoms with van der Waals surface area (Å²) >= 11 is 0. The van der Waals surface area contributed by atoms with E-state index in [4.69, 9.17) is 14.2 Å². The Hall–Kier alpha value is -1.62. The summed E-state index contributed by atoms with van der Waals surface area (Å²) in [5.41, 5.74) is 1.06. The standard InChI is InChI=1S/C18H28O9/c1-10(6-13(22)7-11(2)8-19)4-5-25-18-17(26-12(3)21)16(24)15(23)14(9-20)27-18/h7-8,13-18,20,22-24H,1,4-6,9H2,2-3H3/b11-7+/t13-,14-,15-,16+,17-,18-/m1/s1. The van der Waals surface area contributed by atoms with E-state index in [0.29, 0.717) is 23.9 Å². The van der Waals surface area contributed by atoms with Gasteiger partial charge in [0.2, 0.25) is 0 Å². The molecule has 1 heterocycles. The zero-order chi connectivity index (χ0) is 20.6. The first-order chi connectivity index (χ1) is 12.7. The third kappa shape index (κ3) is 7.49. The van der Waals surface area contributed by atoms with E-state index in [2.05, 4.69) is 6.58 Å². The molecule has 0 spiro atoms. The summed E-state index contributed by atoms with van der Waals surface area (Å²) < 4.78 is 15.9. The molecular formula is C18H28O9. The van der Waals surface area contributed by atoms with Gasteiger partial charge in [-0.05, 0) is 31.4 Å². The fourth-order valence-electron chi connectivity index (χ4n) is 2.63. The highest BCUT2D eigenvalue weighted by Crippen LogP contribution is 2.25. The fourth-order valence-corrected chi connectivity index (χ4v) is 2.63. The highest BCUT2D eigenvalue weighted by molar-refractivity contribution is 5.72. The van der Waals surface area contributed by atoms with Crippen LogP contribution < -0.4 is 0 Å². The molecule has 1 fully saturated rings. The summed E-state index contributed by atoms with van der Waals surface area (Å²) in [6, 6.07) is 0. The Kier molecular flexibility index (Phi) is 9.78. The molecule has 1 aliphatic rings. The number of esters is 1. The number of hydrogen-bond donors (Lipinski definition) is 4. The number of aliphatic hydroxyl groups is 4. The van der Waals surface area contributed by atoms with Gasteiger partial charge in [-0.15, -0.1) is 0 Å². The molecule has 1 rings (SSSR count). The molecule has 9 nitrogen and oxygen atoms in total. The van der Waals surface area contributed by atoms with Crippen molar-refractivity contribution in [1.29, 1.82) is 0 Å². The third-order valence-corrected chi connectivity index (χ3v) is 4.00. The molecule has 0 aromatic rings. The number of carbonyl (C=O) groups excluding carboxylic acids is 2. The van der Waals surface area contributed by atoms with Crippen molar-refractivity contribution in [2.24, 2.45) is 0 Å². The van der Waals surface area contributed by atoms with Crippen molar-refractivity contribution in [1.82, 2.24) is 0 Å². The Morgan fingerprint density at radius 2 is 1.96 bits per heavy atom. The minimum Gasteiger partial charge on any atom is -0.454 e. The molecule has 154 valence electrons. The molecule has 0 saturated carbocycles. The molecular weight excluding hydrogens is 360 g/mol. The van der Waals surface area contributed by atoms with Crippen LogP contribution in [-0.4, -0.2) is 82.7 Å². The summed E-state index contributed by atoms with van der Waals surface area (Å²) in [6.07, 6.45) is -4.66. The topological polar surface area (TPSA) is 143 Å². The lowest BCUT2D eigenvalue weighted by Gasteiger charge is -2.41. The van der Waals surface area contributed by atoms with Crippen molar-refractivity contribution in [3.05, 3.63) is 23.8 Å². The van der Waals surface area contributed by atoms with Crippen LogP contribution in [-0.2, 0) is 23.8 Å². The lowest BCUT2D eigenvalue weighted by atomic mass is 9.99. The van der Waals surface area contributed by atoms with Crippen LogP contribution in [0.15, 0.2) is 23.8 Å². The van der Waals surface area contributed by atoms with E-state index >= 15 is 0 Å². The van der Waals surface area contributed by atoms with Crippen molar-refractivity contribution >= 4 is 12.3 Å². The van der Waals surface area contributed by atoms with Crippen LogP contribution in [0.25, 0.3) is 0 Å². The number of aliphatic hydroxyl groups excluding tert-OH is 4. The van der Waals surface area contributed by atoms with Crippen LogP contribution in [0.1, 0.15) is 26.7 Å². The van der Waals surface area contributed by atoms with Crippen molar-refractivity contribution < 1.29 is 44.2 Å². The van der Waals surface area contributed by atoms with Gasteiger partial charge < -0.3 is 34.6 Å². The number of allylic oxidation sites excluding steroid dienone is 1. The lowest BCUT2D eigenvalue weighted by molar-refractivity contribution is -0.303. The fraction of sp³-hybridized carbons (Fsp3) is 0.667. The summed E-state index contributed by atoms with van der Waals surface area (Å²) in [7, 11) is 0. The molecule has 4 N–H and O–H groups in total. The highest BCUT2D eigenvalue weighted by atomic mass is 16.7. The van der Waals surface area contributed by atoms with Gasteiger partial charge in [-0.2, -0.15) is 0 Å². The normalized spacial score (nSPS) is 29.9. The maximum Gasteiger partial charge on any atom is 0.303 e. The second-order valence-corrected chi connectivity index (χ2v) is 6.45. The molecule has 0 amide bonds. The quantitative estimate of drug-likeness (QED) is 0.164. The van der Waals surface area contributed by atoms with Gasteiger partial charge in [0.1, 0.15) is 24.6 Å². The molecule has 0 aromatic carbocycles. The van der Waals surface area contributed by atoms with E-state index in [1.807, 2.05) is 0 Å². The zero-order valence-electron chi connectivity index (χ0n) is 15.5. The average molecular weight is 388 g/mol. The van der Waals surface area contributed by atoms with Gasteiger partial charge in [-0.3, -0.25) is 9.59 Å². The molecule has 1 aliphatic heterocycles. The van der Waals surface area contributed by atoms with E-state index in [9.17, 15) is 30.0 Å². The van der Waals surface area contributed by atoms with E-state index in [0.717, 1.165) is 6.92 Å². The molecule has 0 radical (unpaired) electrons. The first kappa shape index (κ1) is 23.4. The van der Waals surface area contributed by atoms with Crippen LogP contribution in [0.3, 0.4) is 0 Å². The van der Waals surface area contributed by atoms with Crippen molar-refractivity contribution in [2.75, 3.05) is 13.2 Å². The van der Waals surface area contributed by atoms with Gasteiger partial charge in [-0.1, -0.05) is 12.2 Å². The molecule has 0 unspecified atom stereocenters. The van der Waals surface area contributed by atoms with Gasteiger partial charge >= 0.3 is 5.97 Å². The molecule has 0 bridgehead atoms. The lowest BCUT2D eigenvalue weighted by Crippen LogP contribution is -2.60. The van der Waals surface area contributed by atoms with Crippen LogP contribution in [0.5, 0.6) is 0 Å². The summed E-state index contributed by atoms with van der Waals surface area (Å²) in [4.78, 5) is 21.8. The second kappa shape index (κ2) is 11.3. The summed E-state index contributed by atoms with van der Waals surface area (Å²) in [5.74, 6) is -0.684. The predicted octanol–water partition coefficient (Wildman–Crippen LogP) is -0.784. The van der Waals surface area contributed by atoms with Crippen molar-refractivity contribution in [3.8, 4) is 0 Å². The minimum atomic E-state index is -1.48. The molecule has 0 aromatic heterocycles. The first-order valence-electron chi connectivity index (χ1n) is 8.59. The van der Waals surface area contributed by atoms with Crippen LogP contribution in [0.2, 0.25) is 0 Å². The Labute approximate surface area is 157 Å². The van der Waals surface area contributed by atoms with E-state index < -0.39 is 49.4 Å². The van der Waals surface area contributed by atoms with Gasteiger partial charge in [0.05, 0.1) is 19.3 Å². The minimum absolute atomic E-state index is 0.0747. The van der Waals surface area contributed by atoms with Crippen LogP contribution in [0.4, 0.5) is 0 Å². The maximum atomic E-state index is 11.2. The Morgan fingerprint density at radius 3 is 2.52 bits per heavy atom. The number of ether oxygens (including phenoxy) is 3. The van der Waals surface area contributed by atoms with Gasteiger partial charge in [-0.25, -0.2) is 0 Å². The molecule has 27 heavy (non-hydrogen) atoms. The van der Waals surface area contributed by atoms with Crippen LogP contribution >= 0.6 is 0 Å². The summed E-state index contributed by atoms with van der Waals surface area (Å²) in [6.45, 7) is 6.07. The molecule has 6 atom stereocenters. The highest BCUT2D eigenvalue weighted by Gasteiger charge is 2.46. The van der Waals surface area contributed by atoms with E-state index in [1.54, 1.807) is 6.92 Å². The monoisotopic (exact) mass is 388 g/mol. The van der Waals surface area contributed by atoms with Gasteiger partial charge in [0, 0.05) is 6.92 Å². The predicted molar refractivity (Wildman–Crippen MR) is 93.5 cm³/mol. The Morgan fingerprint density at radius 1 is 1.30 bits per heavy atom. The van der Waals surface area contributed by atoms with Crippen molar-refractivity contribution in [3.63, 3.8) is 0 Å². The third-order valence-electron chi connectivity index (χ3n) is 4.00. The first-order valence-corrected chi connectivity index (χ1v) is 8.59. The van der Waals surface area contributed by atoms with E-state index in [1.165, 1.54) is 6.08 Å². The number of hydrogen-bond acceptors (Lipinski definition) is 9. The Bertz CT molecular complexity index is 545. The number of aldehydes is 1. The number of carbonyl (C=O) groups is 2. The molecule has 9 heteroatoms. The van der Waals surface area contributed by atoms with Gasteiger partial charge in [0.25, 0.3) is 0 Å². The SMILES string of the molecule is C=C(CCO[C@@H]1O[C@H](CO)[C@@H](O)[C@H](O)[C@H]1OC(C)=O)C[C@@H](O)/C=C(\C)C=O. The Balaban J connectivity index is 2.59. The average Bonchev–Trinajstić information content (AvgIpc) is 2.60. The maximum absolute atomic E-state index is 11.2. The molecule has 1 saturated heterocycles. The van der Waals surface area contributed by atoms with Crippen LogP contribution in [0, 0.1) is 0 Å². The summed E-state index contributed by atoms with van der Waals surface area (Å²) in [5, 5.41) is 39.1. The second-order valence-electron chi connectivity index (χ2n) is 6.45.